The van der Waals surface area contributed by atoms with E-state index in [1.165, 1.54) is 60.4 Å². The summed E-state index contributed by atoms with van der Waals surface area (Å²) in [5.74, 6) is -10.5. The highest BCUT2D eigenvalue weighted by Gasteiger charge is 2.36. The summed E-state index contributed by atoms with van der Waals surface area (Å²) in [5.41, 5.74) is 6.12. The highest BCUT2D eigenvalue weighted by atomic mass is 16.4. The maximum absolute atomic E-state index is 13.8. The van der Waals surface area contributed by atoms with Crippen LogP contribution in [0.2, 0.25) is 0 Å². The third-order valence-electron chi connectivity index (χ3n) is 9.14. The van der Waals surface area contributed by atoms with Crippen LogP contribution in [0.1, 0.15) is 50.7 Å². The number of aliphatic carboxylic acids is 2. The molecule has 1 fully saturated rings. The molecule has 8 amide bonds. The number of carbonyl (C=O) groups excluding carboxylic acids is 8. The standard InChI is InChI=1S/C38H48N8O14/c1-19(38(60)46-13-3-4-29(46)33(39)55)41-30(50)18-40-34(56)25(14-21-5-9-23(48)10-6-21)43-37(59)28(17-32(53)54)45-35(57)26(15-22-7-11-24(49)12-8-22)44-36(58)27(16-31(51)52)42-20(2)47/h5-12,19,25-29,48-49H,3-4,13-18H2,1-2H3,(H2,39,55)(H,40,56)(H,41,50)(H,42,47)(H,43,59)(H,44,58)(H,45,57)(H,51,52)(H,53,54)/t19-,25-,26-,27-,28-,29-/m0/s1. The fourth-order valence-corrected chi connectivity index (χ4v) is 6.20. The summed E-state index contributed by atoms with van der Waals surface area (Å²) in [6, 6.07) is 2.13. The molecule has 60 heavy (non-hydrogen) atoms. The number of phenolic OH excluding ortho intramolecular Hbond substituents is 2. The quantitative estimate of drug-likeness (QED) is 0.0593. The van der Waals surface area contributed by atoms with Gasteiger partial charge in [-0.2, -0.15) is 0 Å². The lowest BCUT2D eigenvalue weighted by Gasteiger charge is -2.26. The number of phenols is 2. The first-order valence-electron chi connectivity index (χ1n) is 18.6. The number of carboxylic acids is 2. The van der Waals surface area contributed by atoms with Crippen LogP contribution in [-0.4, -0.2) is 134 Å². The molecule has 1 saturated heterocycles. The molecule has 6 atom stereocenters. The van der Waals surface area contributed by atoms with E-state index in [9.17, 15) is 68.4 Å². The molecule has 3 rings (SSSR count). The molecule has 22 heteroatoms. The van der Waals surface area contributed by atoms with E-state index in [4.69, 9.17) is 5.73 Å². The Balaban J connectivity index is 1.82. The third kappa shape index (κ3) is 14.9. The number of nitrogens with zero attached hydrogens (tertiary/aromatic N) is 1. The summed E-state index contributed by atoms with van der Waals surface area (Å²) in [5, 5.41) is 52.3. The average Bonchev–Trinajstić information content (AvgIpc) is 3.67. The number of likely N-dealkylation sites (tertiary alicyclic amines) is 1. The molecule has 1 aliphatic rings. The number of rotatable bonds is 21. The fourth-order valence-electron chi connectivity index (χ4n) is 6.20. The van der Waals surface area contributed by atoms with E-state index in [2.05, 4.69) is 31.9 Å². The summed E-state index contributed by atoms with van der Waals surface area (Å²) < 4.78 is 0. The van der Waals surface area contributed by atoms with E-state index in [0.717, 1.165) is 6.92 Å². The lowest BCUT2D eigenvalue weighted by molar-refractivity contribution is -0.141. The molecule has 2 aromatic carbocycles. The molecule has 324 valence electrons. The van der Waals surface area contributed by atoms with E-state index in [1.807, 2.05) is 0 Å². The summed E-state index contributed by atoms with van der Waals surface area (Å²) in [7, 11) is 0. The van der Waals surface area contributed by atoms with Crippen molar-refractivity contribution in [2.45, 2.75) is 88.6 Å². The number of primary amides is 1. The third-order valence-corrected chi connectivity index (χ3v) is 9.14. The minimum absolute atomic E-state index is 0.121. The zero-order chi connectivity index (χ0) is 44.7. The summed E-state index contributed by atoms with van der Waals surface area (Å²) in [4.78, 5) is 128. The van der Waals surface area contributed by atoms with Gasteiger partial charge in [0.25, 0.3) is 0 Å². The molecule has 22 nitrogen and oxygen atoms in total. The second-order valence-corrected chi connectivity index (χ2v) is 14.0. The molecular formula is C38H48N8O14. The van der Waals surface area contributed by atoms with Crippen molar-refractivity contribution in [1.82, 2.24) is 36.8 Å². The van der Waals surface area contributed by atoms with Gasteiger partial charge in [0.2, 0.25) is 47.3 Å². The zero-order valence-electron chi connectivity index (χ0n) is 32.6. The van der Waals surface area contributed by atoms with Crippen molar-refractivity contribution in [3.8, 4) is 11.5 Å². The second-order valence-electron chi connectivity index (χ2n) is 14.0. The number of nitrogens with two attached hydrogens (primary N) is 1. The van der Waals surface area contributed by atoms with Crippen molar-refractivity contribution in [1.29, 1.82) is 0 Å². The fraction of sp³-hybridized carbons (Fsp3) is 0.421. The predicted octanol–water partition coefficient (Wildman–Crippen LogP) is -3.11. The molecule has 1 aliphatic heterocycles. The first kappa shape index (κ1) is 47.1. The SMILES string of the molecule is CC(=O)N[C@@H](CC(=O)O)C(=O)N[C@@H](Cc1ccc(O)cc1)C(=O)N[C@@H](CC(=O)O)C(=O)N[C@@H](Cc1ccc(O)cc1)C(=O)NCC(=O)N[C@@H](C)C(=O)N1CCC[C@H]1C(N)=O. The van der Waals surface area contributed by atoms with Gasteiger partial charge in [-0.15, -0.1) is 0 Å². The Morgan fingerprint density at radius 2 is 1.10 bits per heavy atom. The topological polar surface area (TPSA) is 353 Å². The summed E-state index contributed by atoms with van der Waals surface area (Å²) in [6.45, 7) is 1.96. The number of amides is 8. The lowest BCUT2D eigenvalue weighted by Crippen LogP contribution is -2.59. The number of carbonyl (C=O) groups is 10. The van der Waals surface area contributed by atoms with Crippen molar-refractivity contribution in [3.05, 3.63) is 59.7 Å². The van der Waals surface area contributed by atoms with Crippen LogP contribution in [0.5, 0.6) is 11.5 Å². The van der Waals surface area contributed by atoms with Gasteiger partial charge >= 0.3 is 11.9 Å². The molecule has 0 radical (unpaired) electrons. The summed E-state index contributed by atoms with van der Waals surface area (Å²) >= 11 is 0. The smallest absolute Gasteiger partial charge is 0.305 e. The van der Waals surface area contributed by atoms with E-state index >= 15 is 0 Å². The van der Waals surface area contributed by atoms with Crippen LogP contribution in [0.15, 0.2) is 48.5 Å². The minimum Gasteiger partial charge on any atom is -0.508 e. The Kier molecular flexibility index (Phi) is 17.3. The molecule has 0 spiro atoms. The van der Waals surface area contributed by atoms with Crippen molar-refractivity contribution >= 4 is 59.2 Å². The molecule has 2 aromatic rings. The number of aromatic hydroxyl groups is 2. The van der Waals surface area contributed by atoms with Gasteiger partial charge in [-0.05, 0) is 55.2 Å². The average molecular weight is 841 g/mol. The molecule has 0 saturated carbocycles. The number of benzene rings is 2. The Morgan fingerprint density at radius 1 is 0.667 bits per heavy atom. The van der Waals surface area contributed by atoms with Gasteiger partial charge in [-0.25, -0.2) is 0 Å². The summed E-state index contributed by atoms with van der Waals surface area (Å²) in [6.07, 6.45) is -1.62. The Hall–Kier alpha value is -7.26. The van der Waals surface area contributed by atoms with E-state index in [-0.39, 0.29) is 30.9 Å². The normalized spacial score (nSPS) is 15.8. The number of carboxylic acid groups (broad SMARTS) is 2. The highest BCUT2D eigenvalue weighted by Crippen LogP contribution is 2.18. The van der Waals surface area contributed by atoms with Crippen molar-refractivity contribution in [3.63, 3.8) is 0 Å². The predicted molar refractivity (Wildman–Crippen MR) is 206 cm³/mol. The molecule has 1 heterocycles. The molecule has 12 N–H and O–H groups in total. The van der Waals surface area contributed by atoms with E-state index in [0.29, 0.717) is 24.0 Å². The Labute approximate surface area is 342 Å². The van der Waals surface area contributed by atoms with Crippen LogP contribution in [0.3, 0.4) is 0 Å². The number of nitrogens with one attached hydrogen (secondary N) is 6. The van der Waals surface area contributed by atoms with Gasteiger partial charge < -0.3 is 63.0 Å². The van der Waals surface area contributed by atoms with Gasteiger partial charge in [0.15, 0.2) is 0 Å². The van der Waals surface area contributed by atoms with Crippen LogP contribution in [0.25, 0.3) is 0 Å². The molecule has 0 aliphatic carbocycles. The van der Waals surface area contributed by atoms with Crippen molar-refractivity contribution < 1.29 is 68.4 Å². The molecular weight excluding hydrogens is 792 g/mol. The van der Waals surface area contributed by atoms with E-state index in [1.54, 1.807) is 0 Å². The largest absolute Gasteiger partial charge is 0.508 e. The second kappa shape index (κ2) is 22.0. The van der Waals surface area contributed by atoms with Gasteiger partial charge in [0.05, 0.1) is 19.4 Å². The van der Waals surface area contributed by atoms with Crippen LogP contribution in [-0.2, 0) is 60.8 Å². The first-order valence-corrected chi connectivity index (χ1v) is 18.6. The van der Waals surface area contributed by atoms with Gasteiger partial charge in [-0.1, -0.05) is 24.3 Å². The van der Waals surface area contributed by atoms with Gasteiger partial charge in [0.1, 0.15) is 47.8 Å². The zero-order valence-corrected chi connectivity index (χ0v) is 32.6. The molecule has 0 unspecified atom stereocenters. The number of hydrogen-bond donors (Lipinski definition) is 11. The van der Waals surface area contributed by atoms with Gasteiger partial charge in [0, 0.05) is 26.3 Å². The van der Waals surface area contributed by atoms with E-state index < -0.39 is 115 Å². The molecule has 0 aromatic heterocycles. The van der Waals surface area contributed by atoms with Crippen LogP contribution >= 0.6 is 0 Å². The first-order chi connectivity index (χ1) is 28.2. The van der Waals surface area contributed by atoms with Crippen molar-refractivity contribution in [2.75, 3.05) is 13.1 Å². The number of hydrogen-bond acceptors (Lipinski definition) is 12. The minimum atomic E-state index is -1.90. The maximum Gasteiger partial charge on any atom is 0.305 e. The highest BCUT2D eigenvalue weighted by molar-refractivity contribution is 5.98. The van der Waals surface area contributed by atoms with Gasteiger partial charge in [-0.3, -0.25) is 47.9 Å². The van der Waals surface area contributed by atoms with Crippen molar-refractivity contribution in [2.24, 2.45) is 5.73 Å². The van der Waals surface area contributed by atoms with Crippen LogP contribution in [0.4, 0.5) is 0 Å². The molecule has 0 bridgehead atoms. The Morgan fingerprint density at radius 3 is 1.55 bits per heavy atom. The van der Waals surface area contributed by atoms with Crippen LogP contribution in [0, 0.1) is 0 Å². The Bertz CT molecular complexity index is 1930. The van der Waals surface area contributed by atoms with Crippen LogP contribution < -0.4 is 37.6 Å². The monoisotopic (exact) mass is 840 g/mol. The maximum atomic E-state index is 13.8. The lowest BCUT2D eigenvalue weighted by atomic mass is 10.0.